The molecule has 1 aromatic heterocycles. The Kier molecular flexibility index (Phi) is 7.64. The van der Waals surface area contributed by atoms with Crippen molar-refractivity contribution in [2.24, 2.45) is 10.7 Å². The van der Waals surface area contributed by atoms with Crippen LogP contribution in [-0.2, 0) is 13.0 Å². The average molecular weight is 424 g/mol. The van der Waals surface area contributed by atoms with E-state index < -0.39 is 0 Å². The number of guanidine groups is 1. The van der Waals surface area contributed by atoms with Gasteiger partial charge in [-0.25, -0.2) is 14.4 Å². The van der Waals surface area contributed by atoms with Gasteiger partial charge in [0.15, 0.2) is 17.5 Å². The molecule has 1 heterocycles. The highest BCUT2D eigenvalue weighted by atomic mass is 19.1. The number of nitrogens with one attached hydrogen (secondary N) is 1. The van der Waals surface area contributed by atoms with E-state index in [4.69, 9.17) is 19.9 Å². The van der Waals surface area contributed by atoms with Crippen LogP contribution in [0.3, 0.4) is 0 Å². The minimum Gasteiger partial charge on any atom is -0.493 e. The van der Waals surface area contributed by atoms with Crippen LogP contribution in [-0.4, -0.2) is 31.7 Å². The number of methoxy groups -OCH3 is 2. The van der Waals surface area contributed by atoms with Crippen LogP contribution in [0.15, 0.2) is 65.8 Å². The van der Waals surface area contributed by atoms with Crippen LogP contribution in [0, 0.1) is 5.82 Å². The number of aliphatic imine (C=N–C) groups is 1. The lowest BCUT2D eigenvalue weighted by Gasteiger charge is -2.10. The van der Waals surface area contributed by atoms with Crippen molar-refractivity contribution in [3.8, 4) is 23.1 Å². The first-order valence-electron chi connectivity index (χ1n) is 9.70. The molecule has 2 aromatic carbocycles. The Balaban J connectivity index is 1.47. The van der Waals surface area contributed by atoms with E-state index in [1.54, 1.807) is 38.6 Å². The zero-order valence-electron chi connectivity index (χ0n) is 17.5. The lowest BCUT2D eigenvalue weighted by atomic mass is 10.1. The first-order valence-corrected chi connectivity index (χ1v) is 9.70. The van der Waals surface area contributed by atoms with Gasteiger partial charge in [-0.3, -0.25) is 0 Å². The maximum atomic E-state index is 13.2. The van der Waals surface area contributed by atoms with Crippen molar-refractivity contribution in [1.82, 2.24) is 10.3 Å². The number of ether oxygens (including phenoxy) is 3. The second-order valence-corrected chi connectivity index (χ2v) is 6.63. The van der Waals surface area contributed by atoms with Gasteiger partial charge in [-0.2, -0.15) is 0 Å². The topological polar surface area (TPSA) is 91.0 Å². The highest BCUT2D eigenvalue weighted by molar-refractivity contribution is 5.77. The van der Waals surface area contributed by atoms with E-state index >= 15 is 0 Å². The fourth-order valence-corrected chi connectivity index (χ4v) is 2.82. The summed E-state index contributed by atoms with van der Waals surface area (Å²) in [6.07, 6.45) is 2.40. The molecule has 0 atom stereocenters. The van der Waals surface area contributed by atoms with E-state index in [-0.39, 0.29) is 5.82 Å². The van der Waals surface area contributed by atoms with Crippen molar-refractivity contribution in [2.45, 2.75) is 13.0 Å². The van der Waals surface area contributed by atoms with E-state index in [0.29, 0.717) is 42.2 Å². The van der Waals surface area contributed by atoms with E-state index in [1.165, 1.54) is 12.1 Å². The van der Waals surface area contributed by atoms with Gasteiger partial charge in [0.25, 0.3) is 0 Å². The van der Waals surface area contributed by atoms with Crippen LogP contribution in [0.4, 0.5) is 4.39 Å². The highest BCUT2D eigenvalue weighted by Crippen LogP contribution is 2.27. The van der Waals surface area contributed by atoms with Crippen molar-refractivity contribution in [1.29, 1.82) is 0 Å². The van der Waals surface area contributed by atoms with E-state index in [9.17, 15) is 4.39 Å². The lowest BCUT2D eigenvalue weighted by molar-refractivity contribution is 0.354. The molecule has 0 unspecified atom stereocenters. The smallest absolute Gasteiger partial charge is 0.219 e. The summed E-state index contributed by atoms with van der Waals surface area (Å²) in [7, 11) is 3.22. The Morgan fingerprint density at radius 1 is 1.03 bits per heavy atom. The summed E-state index contributed by atoms with van der Waals surface area (Å²) in [5.74, 6) is 2.14. The molecule has 0 aliphatic carbocycles. The molecule has 3 aromatic rings. The molecule has 0 fully saturated rings. The third kappa shape index (κ3) is 6.60. The Morgan fingerprint density at radius 2 is 1.84 bits per heavy atom. The van der Waals surface area contributed by atoms with Crippen LogP contribution < -0.4 is 25.3 Å². The number of nitrogens with zero attached hydrogens (tertiary/aromatic N) is 2. The second kappa shape index (κ2) is 10.8. The van der Waals surface area contributed by atoms with Crippen LogP contribution in [0.5, 0.6) is 23.1 Å². The summed E-state index contributed by atoms with van der Waals surface area (Å²) in [4.78, 5) is 8.54. The molecule has 0 amide bonds. The zero-order valence-corrected chi connectivity index (χ0v) is 17.5. The molecule has 162 valence electrons. The Morgan fingerprint density at radius 3 is 2.55 bits per heavy atom. The third-order valence-corrected chi connectivity index (χ3v) is 4.42. The van der Waals surface area contributed by atoms with Gasteiger partial charge in [-0.1, -0.05) is 18.2 Å². The van der Waals surface area contributed by atoms with E-state index in [2.05, 4.69) is 15.3 Å². The summed E-state index contributed by atoms with van der Waals surface area (Å²) in [5, 5.41) is 3.09. The molecule has 0 saturated carbocycles. The molecule has 0 saturated heterocycles. The molecular formula is C23H25FN4O3. The van der Waals surface area contributed by atoms with Crippen LogP contribution >= 0.6 is 0 Å². The SMILES string of the molecule is COc1ccc(CCNC(N)=NCc2ccc(Oc3cccc(F)c3)nc2)cc1OC. The van der Waals surface area contributed by atoms with Gasteiger partial charge in [0.05, 0.1) is 20.8 Å². The van der Waals surface area contributed by atoms with Crippen LogP contribution in [0.1, 0.15) is 11.1 Å². The monoisotopic (exact) mass is 424 g/mol. The molecule has 0 aliphatic rings. The number of benzene rings is 2. The standard InChI is InChI=1S/C23H25FN4O3/c1-29-20-8-6-16(12-21(20)30-2)10-11-26-23(25)28-15-17-7-9-22(27-14-17)31-19-5-3-4-18(24)13-19/h3-9,12-14H,10-11,15H2,1-2H3,(H3,25,26,28). The maximum Gasteiger partial charge on any atom is 0.219 e. The Hall–Kier alpha value is -3.81. The fourth-order valence-electron chi connectivity index (χ4n) is 2.82. The predicted molar refractivity (Wildman–Crippen MR) is 117 cm³/mol. The molecule has 31 heavy (non-hydrogen) atoms. The summed E-state index contributed by atoms with van der Waals surface area (Å²) < 4.78 is 29.3. The van der Waals surface area contributed by atoms with Gasteiger partial charge in [0, 0.05) is 24.9 Å². The minimum absolute atomic E-state index is 0.348. The molecule has 0 radical (unpaired) electrons. The molecule has 7 nitrogen and oxygen atoms in total. The van der Waals surface area contributed by atoms with E-state index in [1.807, 2.05) is 24.3 Å². The summed E-state index contributed by atoms with van der Waals surface area (Å²) >= 11 is 0. The summed E-state index contributed by atoms with van der Waals surface area (Å²) in [5.41, 5.74) is 7.91. The largest absolute Gasteiger partial charge is 0.493 e. The molecule has 3 N–H and O–H groups in total. The van der Waals surface area contributed by atoms with Gasteiger partial charge in [0.2, 0.25) is 5.88 Å². The number of halogens is 1. The zero-order chi connectivity index (χ0) is 22.1. The van der Waals surface area contributed by atoms with Crippen molar-refractivity contribution in [3.05, 3.63) is 77.7 Å². The van der Waals surface area contributed by atoms with Crippen molar-refractivity contribution < 1.29 is 18.6 Å². The maximum absolute atomic E-state index is 13.2. The number of nitrogens with two attached hydrogens (primary N) is 1. The lowest BCUT2D eigenvalue weighted by Crippen LogP contribution is -2.33. The number of rotatable bonds is 9. The molecule has 3 rings (SSSR count). The van der Waals surface area contributed by atoms with Gasteiger partial charge in [-0.05, 0) is 41.8 Å². The van der Waals surface area contributed by atoms with Gasteiger partial charge >= 0.3 is 0 Å². The number of aromatic nitrogens is 1. The number of pyridine rings is 1. The quantitative estimate of drug-likeness (QED) is 0.402. The van der Waals surface area contributed by atoms with Gasteiger partial charge in [-0.15, -0.1) is 0 Å². The van der Waals surface area contributed by atoms with Crippen molar-refractivity contribution in [2.75, 3.05) is 20.8 Å². The van der Waals surface area contributed by atoms with Gasteiger partial charge < -0.3 is 25.3 Å². The Labute approximate surface area is 180 Å². The third-order valence-electron chi connectivity index (χ3n) is 4.42. The molecule has 0 aliphatic heterocycles. The fraction of sp³-hybridized carbons (Fsp3) is 0.217. The molecule has 0 bridgehead atoms. The van der Waals surface area contributed by atoms with Crippen LogP contribution in [0.2, 0.25) is 0 Å². The van der Waals surface area contributed by atoms with E-state index in [0.717, 1.165) is 17.5 Å². The highest BCUT2D eigenvalue weighted by Gasteiger charge is 2.05. The summed E-state index contributed by atoms with van der Waals surface area (Å²) in [6.45, 7) is 1.01. The molecule has 8 heteroatoms. The molecular weight excluding hydrogens is 399 g/mol. The van der Waals surface area contributed by atoms with Crippen molar-refractivity contribution >= 4 is 5.96 Å². The molecule has 0 spiro atoms. The Bertz CT molecular complexity index is 1030. The van der Waals surface area contributed by atoms with Crippen molar-refractivity contribution in [3.63, 3.8) is 0 Å². The number of hydrogen-bond acceptors (Lipinski definition) is 5. The van der Waals surface area contributed by atoms with Gasteiger partial charge in [0.1, 0.15) is 11.6 Å². The van der Waals surface area contributed by atoms with Crippen LogP contribution in [0.25, 0.3) is 0 Å². The first-order chi connectivity index (χ1) is 15.1. The predicted octanol–water partition coefficient (Wildman–Crippen LogP) is 3.68. The summed E-state index contributed by atoms with van der Waals surface area (Å²) in [6, 6.07) is 15.2. The second-order valence-electron chi connectivity index (χ2n) is 6.63. The normalized spacial score (nSPS) is 11.1. The average Bonchev–Trinajstić information content (AvgIpc) is 2.78. The number of hydrogen-bond donors (Lipinski definition) is 2. The first kappa shape index (κ1) is 21.9. The minimum atomic E-state index is -0.363.